The van der Waals surface area contributed by atoms with Crippen LogP contribution in [0.25, 0.3) is 0 Å². The van der Waals surface area contributed by atoms with Crippen LogP contribution in [-0.2, 0) is 0 Å². The van der Waals surface area contributed by atoms with Crippen LogP contribution in [0.3, 0.4) is 0 Å². The van der Waals surface area contributed by atoms with Crippen LogP contribution in [-0.4, -0.2) is 34.9 Å². The van der Waals surface area contributed by atoms with Crippen molar-refractivity contribution in [3.8, 4) is 0 Å². The van der Waals surface area contributed by atoms with Crippen LogP contribution in [0.1, 0.15) is 0 Å². The van der Waals surface area contributed by atoms with Gasteiger partial charge in [-0.15, -0.1) is 0 Å². The van der Waals surface area contributed by atoms with E-state index in [1.165, 1.54) is 6.33 Å². The van der Waals surface area contributed by atoms with Gasteiger partial charge in [0.1, 0.15) is 6.33 Å². The Kier molecular flexibility index (Phi) is 4.59. The normalized spacial score (nSPS) is 10.7. The summed E-state index contributed by atoms with van der Waals surface area (Å²) in [5.74, 6) is 2.05. The molecule has 0 amide bonds. The molecule has 146 valence electrons. The lowest BCUT2D eigenvalue weighted by molar-refractivity contribution is 0.953. The zero-order valence-corrected chi connectivity index (χ0v) is 15.8. The van der Waals surface area contributed by atoms with Gasteiger partial charge in [0, 0.05) is 24.8 Å². The summed E-state index contributed by atoms with van der Waals surface area (Å²) < 4.78 is 0. The second kappa shape index (κ2) is 7.84. The molecule has 0 fully saturated rings. The molecule has 3 heterocycles. The summed E-state index contributed by atoms with van der Waals surface area (Å²) >= 11 is 0. The number of benzene rings is 2. The van der Waals surface area contributed by atoms with E-state index in [2.05, 4.69) is 29.9 Å². The molecule has 3 aromatic heterocycles. The number of H-pyrrole nitrogens is 2. The molecular weight excluding hydrogens is 378 g/mol. The van der Waals surface area contributed by atoms with Gasteiger partial charge in [-0.3, -0.25) is 0 Å². The maximum atomic E-state index is 4.75. The summed E-state index contributed by atoms with van der Waals surface area (Å²) in [5.41, 5.74) is 1.74. The number of nitrogens with zero attached hydrogens (tertiary/aromatic N) is 7. The van der Waals surface area contributed by atoms with Crippen LogP contribution in [0.15, 0.2) is 91.8 Å². The molecule has 2 N–H and O–H groups in total. The molecule has 9 nitrogen and oxygen atoms in total. The number of rotatable bonds is 6. The summed E-state index contributed by atoms with van der Waals surface area (Å²) in [6.45, 7) is 0. The Morgan fingerprint density at radius 2 is 1.03 bits per heavy atom. The largest absolute Gasteiger partial charge is 0.330 e. The second-order valence-electron chi connectivity index (χ2n) is 6.25. The molecule has 0 saturated heterocycles. The molecule has 0 unspecified atom stereocenters. The number of aromatic nitrogens is 7. The van der Waals surface area contributed by atoms with E-state index in [1.807, 2.05) is 70.5 Å². The van der Waals surface area contributed by atoms with Gasteiger partial charge >= 0.3 is 0 Å². The van der Waals surface area contributed by atoms with Gasteiger partial charge in [-0.1, -0.05) is 36.4 Å². The van der Waals surface area contributed by atoms with E-state index >= 15 is 0 Å². The third-order valence-electron chi connectivity index (χ3n) is 4.37. The maximum absolute atomic E-state index is 4.75. The molecule has 5 rings (SSSR count). The van der Waals surface area contributed by atoms with Crippen LogP contribution >= 0.6 is 0 Å². The molecule has 0 aliphatic heterocycles. The number of aromatic amines is 2. The number of para-hydroxylation sites is 2. The highest BCUT2D eigenvalue weighted by Crippen LogP contribution is 2.33. The van der Waals surface area contributed by atoms with Gasteiger partial charge in [0.05, 0.1) is 11.4 Å². The molecule has 0 saturated carbocycles. The highest BCUT2D eigenvalue weighted by atomic mass is 15.4. The smallest absolute Gasteiger partial charge is 0.241 e. The number of hydrogen-bond donors (Lipinski definition) is 2. The summed E-state index contributed by atoms with van der Waals surface area (Å²) in [7, 11) is 0. The Bertz CT molecular complexity index is 1100. The molecule has 0 spiro atoms. The predicted molar refractivity (Wildman–Crippen MR) is 113 cm³/mol. The quantitative estimate of drug-likeness (QED) is 0.443. The van der Waals surface area contributed by atoms with Gasteiger partial charge in [0.25, 0.3) is 0 Å². The highest BCUT2D eigenvalue weighted by molar-refractivity contribution is 5.71. The minimum atomic E-state index is 0.425. The zero-order valence-electron chi connectivity index (χ0n) is 15.8. The predicted octanol–water partition coefficient (Wildman–Crippen LogP) is 4.26. The molecule has 5 aromatic rings. The molecule has 2 aromatic carbocycles. The minimum absolute atomic E-state index is 0.425. The first-order chi connectivity index (χ1) is 14.9. The van der Waals surface area contributed by atoms with Crippen molar-refractivity contribution in [1.29, 1.82) is 0 Å². The molecule has 0 radical (unpaired) electrons. The Labute approximate surface area is 172 Å². The van der Waals surface area contributed by atoms with E-state index in [-0.39, 0.29) is 0 Å². The van der Waals surface area contributed by atoms with Gasteiger partial charge in [-0.25, -0.2) is 29.7 Å². The van der Waals surface area contributed by atoms with Crippen molar-refractivity contribution in [2.45, 2.75) is 0 Å². The third kappa shape index (κ3) is 3.35. The lowest BCUT2D eigenvalue weighted by Crippen LogP contribution is -2.19. The fourth-order valence-corrected chi connectivity index (χ4v) is 3.07. The lowest BCUT2D eigenvalue weighted by atomic mass is 10.3. The Hall–Kier alpha value is -4.53. The van der Waals surface area contributed by atoms with E-state index < -0.39 is 0 Å². The van der Waals surface area contributed by atoms with Gasteiger partial charge < -0.3 is 9.97 Å². The fraction of sp³-hybridized carbons (Fsp3) is 0. The average Bonchev–Trinajstić information content (AvgIpc) is 3.51. The number of hydrogen-bond acceptors (Lipinski definition) is 7. The summed E-state index contributed by atoms with van der Waals surface area (Å²) in [4.78, 5) is 32.3. The van der Waals surface area contributed by atoms with E-state index in [4.69, 9.17) is 4.98 Å². The Morgan fingerprint density at radius 3 is 1.43 bits per heavy atom. The zero-order chi connectivity index (χ0) is 20.2. The van der Waals surface area contributed by atoms with Crippen molar-refractivity contribution in [3.05, 3.63) is 91.8 Å². The first-order valence-electron chi connectivity index (χ1n) is 9.28. The van der Waals surface area contributed by atoms with Crippen molar-refractivity contribution in [1.82, 2.24) is 34.9 Å². The topological polar surface area (TPSA) is 103 Å². The summed E-state index contributed by atoms with van der Waals surface area (Å²) in [5, 5.41) is 0. The van der Waals surface area contributed by atoms with Gasteiger partial charge in [-0.05, 0) is 24.3 Å². The van der Waals surface area contributed by atoms with Crippen LogP contribution in [0.5, 0.6) is 0 Å². The van der Waals surface area contributed by atoms with Crippen molar-refractivity contribution < 1.29 is 0 Å². The maximum Gasteiger partial charge on any atom is 0.241 e. The first kappa shape index (κ1) is 17.6. The van der Waals surface area contributed by atoms with Crippen molar-refractivity contribution in [2.24, 2.45) is 0 Å². The van der Waals surface area contributed by atoms with Gasteiger partial charge in [0.2, 0.25) is 23.8 Å². The van der Waals surface area contributed by atoms with Crippen molar-refractivity contribution >= 4 is 35.2 Å². The van der Waals surface area contributed by atoms with Gasteiger partial charge in [-0.2, -0.15) is 4.98 Å². The second-order valence-corrected chi connectivity index (χ2v) is 6.25. The Balaban J connectivity index is 1.63. The molecule has 30 heavy (non-hydrogen) atoms. The minimum Gasteiger partial charge on any atom is -0.330 e. The summed E-state index contributed by atoms with van der Waals surface area (Å²) in [6.07, 6.45) is 8.37. The Morgan fingerprint density at radius 1 is 0.567 bits per heavy atom. The standard InChI is InChI=1S/C21H17N9/c1-3-7-16(8-4-1)29(18-22-11-12-23-18)20-26-15-27-21(28-20)30(19-24-13-14-25-19)17-9-5-2-6-10-17/h1-15H,(H,22,23)(H,24,25). The SMILES string of the molecule is c1ccc(N(c2ncnc(N(c3ccccc3)c3ncc[nH]3)n2)c2ncc[nH]2)cc1. The molecule has 9 heteroatoms. The van der Waals surface area contributed by atoms with Crippen LogP contribution in [0.2, 0.25) is 0 Å². The highest BCUT2D eigenvalue weighted by Gasteiger charge is 2.22. The van der Waals surface area contributed by atoms with Crippen LogP contribution in [0.4, 0.5) is 35.2 Å². The molecule has 0 bridgehead atoms. The number of nitrogens with one attached hydrogen (secondary N) is 2. The lowest BCUT2D eigenvalue weighted by Gasteiger charge is -2.23. The number of imidazole rings is 2. The van der Waals surface area contributed by atoms with E-state index in [9.17, 15) is 0 Å². The monoisotopic (exact) mass is 395 g/mol. The van der Waals surface area contributed by atoms with Crippen molar-refractivity contribution in [3.63, 3.8) is 0 Å². The van der Waals surface area contributed by atoms with E-state index in [0.717, 1.165) is 11.4 Å². The van der Waals surface area contributed by atoms with Crippen molar-refractivity contribution in [2.75, 3.05) is 9.80 Å². The average molecular weight is 395 g/mol. The van der Waals surface area contributed by atoms with E-state index in [0.29, 0.717) is 23.8 Å². The molecular formula is C21H17N9. The van der Waals surface area contributed by atoms with Crippen LogP contribution < -0.4 is 9.80 Å². The first-order valence-corrected chi connectivity index (χ1v) is 9.28. The molecule has 0 aliphatic rings. The number of anilines is 6. The molecule has 0 aliphatic carbocycles. The van der Waals surface area contributed by atoms with E-state index in [1.54, 1.807) is 24.8 Å². The summed E-state index contributed by atoms with van der Waals surface area (Å²) in [6, 6.07) is 19.6. The van der Waals surface area contributed by atoms with Gasteiger partial charge in [0.15, 0.2) is 0 Å². The fourth-order valence-electron chi connectivity index (χ4n) is 3.07. The third-order valence-corrected chi connectivity index (χ3v) is 4.37. The molecule has 0 atom stereocenters. The van der Waals surface area contributed by atoms with Crippen LogP contribution in [0, 0.1) is 0 Å².